The molecule has 0 saturated carbocycles. The molecule has 1 aromatic rings. The molecule has 0 radical (unpaired) electrons. The Hall–Kier alpha value is -0.510. The molecule has 0 atom stereocenters. The van der Waals surface area contributed by atoms with Crippen LogP contribution in [-0.2, 0) is 16.0 Å². The van der Waals surface area contributed by atoms with E-state index in [0.717, 1.165) is 71.3 Å². The molecule has 7 heteroatoms. The van der Waals surface area contributed by atoms with Crippen molar-refractivity contribution in [3.63, 3.8) is 0 Å². The minimum absolute atomic E-state index is 0. The van der Waals surface area contributed by atoms with Gasteiger partial charge in [-0.2, -0.15) is 0 Å². The van der Waals surface area contributed by atoms with Crippen LogP contribution >= 0.6 is 35.7 Å². The molecule has 1 N–H and O–H groups in total. The van der Waals surface area contributed by atoms with E-state index in [1.165, 1.54) is 10.5 Å². The first-order valence-corrected chi connectivity index (χ1v) is 11.2. The number of nitrogens with one attached hydrogen (secondary N) is 1. The minimum atomic E-state index is 0. The minimum Gasteiger partial charge on any atom is -0.381 e. The standard InChI is InChI=1S/C21H35N3O2S.HI/c1-4-22-21(24(2)16-18-6-8-20(27-3)9-7-18)23-12-5-13-26-17-19-10-14-25-15-11-19;/h6-9,19H,4-5,10-17H2,1-3H3,(H,22,23);1H. The Morgan fingerprint density at radius 1 is 1.29 bits per heavy atom. The Morgan fingerprint density at radius 3 is 2.64 bits per heavy atom. The maximum atomic E-state index is 5.83. The summed E-state index contributed by atoms with van der Waals surface area (Å²) in [7, 11) is 2.09. The van der Waals surface area contributed by atoms with Gasteiger partial charge < -0.3 is 19.7 Å². The molecule has 5 nitrogen and oxygen atoms in total. The van der Waals surface area contributed by atoms with Gasteiger partial charge in [0.25, 0.3) is 0 Å². The number of thioether (sulfide) groups is 1. The van der Waals surface area contributed by atoms with Crippen LogP contribution in [0.25, 0.3) is 0 Å². The third-order valence-electron chi connectivity index (χ3n) is 4.68. The smallest absolute Gasteiger partial charge is 0.193 e. The highest BCUT2D eigenvalue weighted by molar-refractivity contribution is 14.0. The normalized spacial score (nSPS) is 15.2. The third kappa shape index (κ3) is 9.80. The lowest BCUT2D eigenvalue weighted by Crippen LogP contribution is -2.38. The average molecular weight is 522 g/mol. The van der Waals surface area contributed by atoms with Crippen LogP contribution < -0.4 is 5.32 Å². The molecule has 1 fully saturated rings. The summed E-state index contributed by atoms with van der Waals surface area (Å²) < 4.78 is 11.2. The van der Waals surface area contributed by atoms with Crippen LogP contribution in [0.2, 0.25) is 0 Å². The summed E-state index contributed by atoms with van der Waals surface area (Å²) in [4.78, 5) is 8.23. The SMILES string of the molecule is CCNC(=NCCCOCC1CCOCC1)N(C)Cc1ccc(SC)cc1.I. The predicted octanol–water partition coefficient (Wildman–Crippen LogP) is 4.26. The number of hydrogen-bond acceptors (Lipinski definition) is 4. The van der Waals surface area contributed by atoms with Crippen LogP contribution in [0.3, 0.4) is 0 Å². The maximum Gasteiger partial charge on any atom is 0.193 e. The van der Waals surface area contributed by atoms with Crippen molar-refractivity contribution in [1.29, 1.82) is 0 Å². The summed E-state index contributed by atoms with van der Waals surface area (Å²) in [6.07, 6.45) is 5.32. The van der Waals surface area contributed by atoms with Crippen molar-refractivity contribution in [1.82, 2.24) is 10.2 Å². The molecule has 0 spiro atoms. The molecule has 1 saturated heterocycles. The second kappa shape index (κ2) is 15.3. The van der Waals surface area contributed by atoms with E-state index in [-0.39, 0.29) is 24.0 Å². The summed E-state index contributed by atoms with van der Waals surface area (Å²) in [5.74, 6) is 1.62. The monoisotopic (exact) mass is 521 g/mol. The molecule has 0 unspecified atom stereocenters. The van der Waals surface area contributed by atoms with Gasteiger partial charge in [0.05, 0.1) is 0 Å². The molecule has 1 aromatic carbocycles. The quantitative estimate of drug-likeness (QED) is 0.164. The number of guanidine groups is 1. The first-order chi connectivity index (χ1) is 13.2. The molecule has 0 aliphatic carbocycles. The van der Waals surface area contributed by atoms with E-state index < -0.39 is 0 Å². The molecule has 0 aromatic heterocycles. The molecular weight excluding hydrogens is 485 g/mol. The molecule has 1 aliphatic heterocycles. The van der Waals surface area contributed by atoms with E-state index in [4.69, 9.17) is 14.5 Å². The number of nitrogens with zero attached hydrogens (tertiary/aromatic N) is 2. The lowest BCUT2D eigenvalue weighted by Gasteiger charge is -2.22. The van der Waals surface area contributed by atoms with E-state index in [0.29, 0.717) is 5.92 Å². The molecule has 2 rings (SSSR count). The Labute approximate surface area is 192 Å². The summed E-state index contributed by atoms with van der Waals surface area (Å²) in [6.45, 7) is 8.02. The van der Waals surface area contributed by atoms with Crippen LogP contribution in [0.4, 0.5) is 0 Å². The second-order valence-electron chi connectivity index (χ2n) is 6.92. The fourth-order valence-electron chi connectivity index (χ4n) is 3.06. The summed E-state index contributed by atoms with van der Waals surface area (Å²) in [6, 6.07) is 8.73. The maximum absolute atomic E-state index is 5.83. The first-order valence-electron chi connectivity index (χ1n) is 10.0. The largest absolute Gasteiger partial charge is 0.381 e. The van der Waals surface area contributed by atoms with Gasteiger partial charge in [0, 0.05) is 58.0 Å². The van der Waals surface area contributed by atoms with Crippen molar-refractivity contribution in [3.8, 4) is 0 Å². The lowest BCUT2D eigenvalue weighted by molar-refractivity contribution is 0.0205. The van der Waals surface area contributed by atoms with Crippen LogP contribution in [0.1, 0.15) is 31.7 Å². The lowest BCUT2D eigenvalue weighted by atomic mass is 10.0. The molecule has 1 heterocycles. The first kappa shape index (κ1) is 25.5. The van der Waals surface area contributed by atoms with E-state index in [2.05, 4.69) is 54.7 Å². The van der Waals surface area contributed by atoms with E-state index in [1.54, 1.807) is 11.8 Å². The second-order valence-corrected chi connectivity index (χ2v) is 7.80. The summed E-state index contributed by atoms with van der Waals surface area (Å²) >= 11 is 1.77. The van der Waals surface area contributed by atoms with Gasteiger partial charge in [-0.15, -0.1) is 35.7 Å². The number of benzene rings is 1. The van der Waals surface area contributed by atoms with Gasteiger partial charge in [0.15, 0.2) is 5.96 Å². The topological polar surface area (TPSA) is 46.1 Å². The van der Waals surface area contributed by atoms with Gasteiger partial charge in [-0.3, -0.25) is 4.99 Å². The van der Waals surface area contributed by atoms with Crippen molar-refractivity contribution in [2.45, 2.75) is 37.6 Å². The Morgan fingerprint density at radius 2 is 2.00 bits per heavy atom. The summed E-state index contributed by atoms with van der Waals surface area (Å²) in [5.41, 5.74) is 1.29. The fraction of sp³-hybridized carbons (Fsp3) is 0.667. The third-order valence-corrected chi connectivity index (χ3v) is 5.42. The van der Waals surface area contributed by atoms with Crippen LogP contribution in [-0.4, -0.2) is 63.7 Å². The van der Waals surface area contributed by atoms with Gasteiger partial charge in [-0.25, -0.2) is 0 Å². The van der Waals surface area contributed by atoms with Crippen LogP contribution in [0.15, 0.2) is 34.2 Å². The van der Waals surface area contributed by atoms with Crippen molar-refractivity contribution in [2.75, 3.05) is 52.8 Å². The number of ether oxygens (including phenoxy) is 2. The molecular formula is C21H36IN3O2S. The Kier molecular flexibility index (Phi) is 14.0. The number of aliphatic imine (C=N–C) groups is 1. The molecule has 28 heavy (non-hydrogen) atoms. The zero-order valence-corrected chi connectivity index (χ0v) is 20.6. The van der Waals surface area contributed by atoms with E-state index in [9.17, 15) is 0 Å². The van der Waals surface area contributed by atoms with E-state index >= 15 is 0 Å². The molecule has 160 valence electrons. The Bertz CT molecular complexity index is 551. The number of halogens is 1. The van der Waals surface area contributed by atoms with Crippen LogP contribution in [0, 0.1) is 5.92 Å². The number of hydrogen-bond donors (Lipinski definition) is 1. The van der Waals surface area contributed by atoms with Gasteiger partial charge in [-0.05, 0) is 56.1 Å². The van der Waals surface area contributed by atoms with Crippen molar-refractivity contribution >= 4 is 41.7 Å². The van der Waals surface area contributed by atoms with E-state index in [1.807, 2.05) is 0 Å². The average Bonchev–Trinajstić information content (AvgIpc) is 2.71. The highest BCUT2D eigenvalue weighted by atomic mass is 127. The molecule has 0 amide bonds. The van der Waals surface area contributed by atoms with Gasteiger partial charge in [0.1, 0.15) is 0 Å². The highest BCUT2D eigenvalue weighted by Crippen LogP contribution is 2.16. The summed E-state index contributed by atoms with van der Waals surface area (Å²) in [5, 5.41) is 3.38. The number of rotatable bonds is 10. The Balaban J connectivity index is 0.00000392. The zero-order valence-electron chi connectivity index (χ0n) is 17.5. The highest BCUT2D eigenvalue weighted by Gasteiger charge is 2.13. The van der Waals surface area contributed by atoms with Gasteiger partial charge >= 0.3 is 0 Å². The van der Waals surface area contributed by atoms with Crippen molar-refractivity contribution in [3.05, 3.63) is 29.8 Å². The zero-order chi connectivity index (χ0) is 19.3. The van der Waals surface area contributed by atoms with Crippen molar-refractivity contribution < 1.29 is 9.47 Å². The van der Waals surface area contributed by atoms with Crippen LogP contribution in [0.5, 0.6) is 0 Å². The molecule has 0 bridgehead atoms. The predicted molar refractivity (Wildman–Crippen MR) is 130 cm³/mol. The van der Waals surface area contributed by atoms with Crippen molar-refractivity contribution in [2.24, 2.45) is 10.9 Å². The van der Waals surface area contributed by atoms with Gasteiger partial charge in [-0.1, -0.05) is 12.1 Å². The fourth-order valence-corrected chi connectivity index (χ4v) is 3.47. The molecule has 1 aliphatic rings. The van der Waals surface area contributed by atoms with Gasteiger partial charge in [0.2, 0.25) is 0 Å².